The van der Waals surface area contributed by atoms with Gasteiger partial charge in [-0.25, -0.2) is 0 Å². The maximum atomic E-state index is 13.0. The number of hydrogen-bond donors (Lipinski definition) is 3. The van der Waals surface area contributed by atoms with Gasteiger partial charge in [-0.3, -0.25) is 9.59 Å². The summed E-state index contributed by atoms with van der Waals surface area (Å²) in [4.78, 5) is 25.9. The number of nitrogens with one attached hydrogen (secondary N) is 2. The Kier molecular flexibility index (Phi) is 6.96. The summed E-state index contributed by atoms with van der Waals surface area (Å²) >= 11 is 0. The Hall–Kier alpha value is -2.34. The van der Waals surface area contributed by atoms with E-state index in [1.54, 1.807) is 0 Å². The highest BCUT2D eigenvalue weighted by molar-refractivity contribution is 5.99. The average molecular weight is 400 g/mol. The monoisotopic (exact) mass is 399 g/mol. The van der Waals surface area contributed by atoms with Crippen molar-refractivity contribution >= 4 is 22.7 Å². The Bertz CT molecular complexity index is 858. The molecule has 0 unspecified atom stereocenters. The maximum absolute atomic E-state index is 13.0. The molecule has 1 saturated carbocycles. The second kappa shape index (κ2) is 9.44. The number of aliphatic hydroxyl groups is 1. The molecule has 0 bridgehead atoms. The van der Waals surface area contributed by atoms with Crippen molar-refractivity contribution in [1.82, 2.24) is 15.2 Å². The molecule has 6 nitrogen and oxygen atoms in total. The molecule has 0 radical (unpaired) electrons. The number of para-hydroxylation sites is 1. The number of nitrogens with zero attached hydrogens (tertiary/aromatic N) is 1. The van der Waals surface area contributed by atoms with Gasteiger partial charge in [-0.05, 0) is 37.3 Å². The summed E-state index contributed by atoms with van der Waals surface area (Å²) in [7, 11) is 1.89. The summed E-state index contributed by atoms with van der Waals surface area (Å²) in [6, 6.07) is 9.37. The van der Waals surface area contributed by atoms with Crippen LogP contribution < -0.4 is 10.6 Å². The summed E-state index contributed by atoms with van der Waals surface area (Å²) in [6.45, 7) is 4.08. The van der Waals surface area contributed by atoms with Crippen LogP contribution in [0.5, 0.6) is 0 Å². The second-order valence-corrected chi connectivity index (χ2v) is 8.64. The lowest BCUT2D eigenvalue weighted by Gasteiger charge is -2.32. The summed E-state index contributed by atoms with van der Waals surface area (Å²) < 4.78 is 1.90. The van der Waals surface area contributed by atoms with E-state index in [1.165, 1.54) is 0 Å². The molecule has 1 aliphatic rings. The van der Waals surface area contributed by atoms with Crippen molar-refractivity contribution in [3.8, 4) is 0 Å². The molecular weight excluding hydrogens is 366 g/mol. The van der Waals surface area contributed by atoms with E-state index in [0.29, 0.717) is 11.6 Å². The van der Waals surface area contributed by atoms with Crippen LogP contribution in [0.25, 0.3) is 10.9 Å². The SMILES string of the molecule is CC(C)C[C@@H](CO)NC(=O)[C@@H]1CCCC[C@@H]1NC(=O)c1cc2ccccc2n1C. The molecule has 1 heterocycles. The molecule has 3 rings (SSSR count). The molecule has 1 aliphatic carbocycles. The first-order chi connectivity index (χ1) is 13.9. The number of carbonyl (C=O) groups is 2. The van der Waals surface area contributed by atoms with Gasteiger partial charge in [-0.1, -0.05) is 44.9 Å². The Balaban J connectivity index is 1.71. The van der Waals surface area contributed by atoms with Crippen LogP contribution in [0.2, 0.25) is 0 Å². The maximum Gasteiger partial charge on any atom is 0.268 e. The number of aromatic nitrogens is 1. The first-order valence-electron chi connectivity index (χ1n) is 10.7. The first-order valence-corrected chi connectivity index (χ1v) is 10.7. The van der Waals surface area contributed by atoms with Crippen LogP contribution in [-0.2, 0) is 11.8 Å². The zero-order chi connectivity index (χ0) is 21.0. The van der Waals surface area contributed by atoms with Crippen molar-refractivity contribution in [2.45, 2.75) is 58.0 Å². The van der Waals surface area contributed by atoms with Crippen LogP contribution in [-0.4, -0.2) is 40.2 Å². The number of rotatable bonds is 7. The lowest BCUT2D eigenvalue weighted by molar-refractivity contribution is -0.127. The highest BCUT2D eigenvalue weighted by Crippen LogP contribution is 2.26. The van der Waals surface area contributed by atoms with Gasteiger partial charge in [0.15, 0.2) is 0 Å². The highest BCUT2D eigenvalue weighted by atomic mass is 16.3. The summed E-state index contributed by atoms with van der Waals surface area (Å²) in [5.41, 5.74) is 1.61. The van der Waals surface area contributed by atoms with Crippen LogP contribution >= 0.6 is 0 Å². The largest absolute Gasteiger partial charge is 0.394 e. The molecule has 1 aromatic carbocycles. The van der Waals surface area contributed by atoms with E-state index in [0.717, 1.165) is 43.0 Å². The minimum absolute atomic E-state index is 0.0632. The van der Waals surface area contributed by atoms with Crippen molar-refractivity contribution in [2.24, 2.45) is 18.9 Å². The normalized spacial score (nSPS) is 20.6. The van der Waals surface area contributed by atoms with Gasteiger partial charge in [0, 0.05) is 24.0 Å². The van der Waals surface area contributed by atoms with E-state index in [9.17, 15) is 14.7 Å². The smallest absolute Gasteiger partial charge is 0.268 e. The van der Waals surface area contributed by atoms with Crippen LogP contribution in [0, 0.1) is 11.8 Å². The minimum Gasteiger partial charge on any atom is -0.394 e. The molecular formula is C23H33N3O3. The summed E-state index contributed by atoms with van der Waals surface area (Å²) in [5, 5.41) is 16.7. The van der Waals surface area contributed by atoms with E-state index in [1.807, 2.05) is 41.9 Å². The molecule has 0 saturated heterocycles. The zero-order valence-corrected chi connectivity index (χ0v) is 17.6. The van der Waals surface area contributed by atoms with E-state index < -0.39 is 0 Å². The Labute approximate surface area is 172 Å². The van der Waals surface area contributed by atoms with Gasteiger partial charge in [-0.2, -0.15) is 0 Å². The van der Waals surface area contributed by atoms with Gasteiger partial charge in [0.2, 0.25) is 5.91 Å². The first kappa shape index (κ1) is 21.4. The fraction of sp³-hybridized carbons (Fsp3) is 0.565. The molecule has 2 amide bonds. The molecule has 2 aromatic rings. The van der Waals surface area contributed by atoms with Crippen molar-refractivity contribution in [1.29, 1.82) is 0 Å². The van der Waals surface area contributed by atoms with Crippen LogP contribution in [0.15, 0.2) is 30.3 Å². The van der Waals surface area contributed by atoms with Crippen molar-refractivity contribution in [3.05, 3.63) is 36.0 Å². The third-order valence-corrected chi connectivity index (χ3v) is 5.93. The summed E-state index contributed by atoms with van der Waals surface area (Å²) in [6.07, 6.45) is 4.26. The zero-order valence-electron chi connectivity index (χ0n) is 17.6. The number of carbonyl (C=O) groups excluding carboxylic acids is 2. The predicted octanol–water partition coefficient (Wildman–Crippen LogP) is 2.99. The van der Waals surface area contributed by atoms with Gasteiger partial charge >= 0.3 is 0 Å². The fourth-order valence-electron chi connectivity index (χ4n) is 4.42. The van der Waals surface area contributed by atoms with Crippen LogP contribution in [0.3, 0.4) is 0 Å². The molecule has 1 aromatic heterocycles. The topological polar surface area (TPSA) is 83.4 Å². The van der Waals surface area contributed by atoms with Gasteiger partial charge in [-0.15, -0.1) is 0 Å². The number of aliphatic hydroxyl groups excluding tert-OH is 1. The van der Waals surface area contributed by atoms with Gasteiger partial charge < -0.3 is 20.3 Å². The van der Waals surface area contributed by atoms with E-state index >= 15 is 0 Å². The molecule has 0 spiro atoms. The van der Waals surface area contributed by atoms with E-state index in [4.69, 9.17) is 0 Å². The number of benzene rings is 1. The van der Waals surface area contributed by atoms with Crippen molar-refractivity contribution in [3.63, 3.8) is 0 Å². The molecule has 158 valence electrons. The third-order valence-electron chi connectivity index (χ3n) is 5.93. The lowest BCUT2D eigenvalue weighted by atomic mass is 9.83. The van der Waals surface area contributed by atoms with E-state index in [-0.39, 0.29) is 36.4 Å². The van der Waals surface area contributed by atoms with Gasteiger partial charge in [0.1, 0.15) is 5.69 Å². The fourth-order valence-corrected chi connectivity index (χ4v) is 4.42. The van der Waals surface area contributed by atoms with Crippen LogP contribution in [0.4, 0.5) is 0 Å². The van der Waals surface area contributed by atoms with Gasteiger partial charge in [0.25, 0.3) is 5.91 Å². The molecule has 6 heteroatoms. The Morgan fingerprint density at radius 3 is 2.62 bits per heavy atom. The molecule has 3 atom stereocenters. The molecule has 1 fully saturated rings. The standard InChI is InChI=1S/C23H33N3O3/c1-15(2)12-17(14-27)24-22(28)18-9-5-6-10-19(18)25-23(29)21-13-16-8-4-7-11-20(16)26(21)3/h4,7-8,11,13,15,17-19,27H,5-6,9-10,12,14H2,1-3H3,(H,24,28)(H,25,29)/t17-,18+,19-/m0/s1. The molecule has 3 N–H and O–H groups in total. The van der Waals surface area contributed by atoms with E-state index in [2.05, 4.69) is 24.5 Å². The van der Waals surface area contributed by atoms with Gasteiger partial charge in [0.05, 0.1) is 18.6 Å². The molecule has 29 heavy (non-hydrogen) atoms. The molecule has 0 aliphatic heterocycles. The number of amides is 2. The summed E-state index contributed by atoms with van der Waals surface area (Å²) in [5.74, 6) is -0.0783. The van der Waals surface area contributed by atoms with Crippen LogP contribution in [0.1, 0.15) is 56.4 Å². The average Bonchev–Trinajstić information content (AvgIpc) is 3.04. The number of hydrogen-bond acceptors (Lipinski definition) is 3. The van der Waals surface area contributed by atoms with Crippen molar-refractivity contribution < 1.29 is 14.7 Å². The Morgan fingerprint density at radius 1 is 1.21 bits per heavy atom. The number of aryl methyl sites for hydroxylation is 1. The quantitative estimate of drug-likeness (QED) is 0.669. The Morgan fingerprint density at radius 2 is 1.93 bits per heavy atom. The predicted molar refractivity (Wildman–Crippen MR) is 115 cm³/mol. The minimum atomic E-state index is -0.261. The highest BCUT2D eigenvalue weighted by Gasteiger charge is 2.33. The third kappa shape index (κ3) is 4.99. The lowest BCUT2D eigenvalue weighted by Crippen LogP contribution is -2.51. The second-order valence-electron chi connectivity index (χ2n) is 8.64. The number of fused-ring (bicyclic) bond motifs is 1. The van der Waals surface area contributed by atoms with Crippen molar-refractivity contribution in [2.75, 3.05) is 6.61 Å².